The zero-order valence-corrected chi connectivity index (χ0v) is 27.9. The van der Waals surface area contributed by atoms with E-state index >= 15 is 0 Å². The molecule has 0 aliphatic carbocycles. The molecule has 0 saturated carbocycles. The first-order chi connectivity index (χ1) is 23.6. The summed E-state index contributed by atoms with van der Waals surface area (Å²) in [4.78, 5) is 57.7. The Morgan fingerprint density at radius 3 is 1.29 bits per heavy atom. The Morgan fingerprint density at radius 1 is 0.542 bits per heavy atom. The molecule has 2 aromatic heterocycles. The fraction of sp³-hybridized carbons (Fsp3) is 0.556. The summed E-state index contributed by atoms with van der Waals surface area (Å²) in [7, 11) is 0. The standard InChI is InChI=1S/C36H48N10O2/c47-33(43-17-21-45(22-18-43)35-37-11-3-12-38-35)31-5-1-15-41(27-31)25-29-7-9-30(10-8-29)26-42-16-2-6-32(28-42)34(48)44-19-23-46(24-20-44)36-39-13-4-14-40-36/h3-4,7-14,31-32H,1-2,5-6,15-28H2. The van der Waals surface area contributed by atoms with E-state index in [1.54, 1.807) is 24.8 Å². The van der Waals surface area contributed by atoms with Gasteiger partial charge in [0.2, 0.25) is 23.7 Å². The van der Waals surface area contributed by atoms with Gasteiger partial charge in [-0.2, -0.15) is 0 Å². The van der Waals surface area contributed by atoms with Gasteiger partial charge in [-0.25, -0.2) is 19.9 Å². The Labute approximate surface area is 283 Å². The Morgan fingerprint density at radius 2 is 0.917 bits per heavy atom. The maximum atomic E-state index is 13.5. The maximum absolute atomic E-state index is 13.5. The third kappa shape index (κ3) is 7.92. The van der Waals surface area contributed by atoms with Crippen molar-refractivity contribution in [3.05, 3.63) is 72.3 Å². The van der Waals surface area contributed by atoms with Crippen molar-refractivity contribution >= 4 is 23.7 Å². The van der Waals surface area contributed by atoms with Crippen LogP contribution in [-0.4, -0.2) is 130 Å². The molecule has 4 aliphatic heterocycles. The fourth-order valence-electron chi connectivity index (χ4n) is 7.75. The van der Waals surface area contributed by atoms with E-state index in [9.17, 15) is 9.59 Å². The lowest BCUT2D eigenvalue weighted by molar-refractivity contribution is -0.138. The number of likely N-dealkylation sites (tertiary alicyclic amines) is 2. The topological polar surface area (TPSA) is 105 Å². The zero-order chi connectivity index (χ0) is 32.7. The van der Waals surface area contributed by atoms with E-state index in [-0.39, 0.29) is 11.8 Å². The first-order valence-corrected chi connectivity index (χ1v) is 17.7. The van der Waals surface area contributed by atoms with Crippen LogP contribution in [0, 0.1) is 11.8 Å². The quantitative estimate of drug-likeness (QED) is 0.360. The predicted octanol–water partition coefficient (Wildman–Crippen LogP) is 2.39. The van der Waals surface area contributed by atoms with Crippen molar-refractivity contribution in [2.75, 3.05) is 88.3 Å². The molecule has 6 heterocycles. The predicted molar refractivity (Wildman–Crippen MR) is 184 cm³/mol. The molecule has 3 aromatic rings. The number of rotatable bonds is 8. The maximum Gasteiger partial charge on any atom is 0.227 e. The second-order valence-electron chi connectivity index (χ2n) is 13.7. The van der Waals surface area contributed by atoms with Crippen LogP contribution in [0.2, 0.25) is 0 Å². The van der Waals surface area contributed by atoms with Gasteiger partial charge in [0.05, 0.1) is 11.8 Å². The van der Waals surface area contributed by atoms with E-state index in [1.165, 1.54) is 11.1 Å². The molecule has 0 radical (unpaired) electrons. The molecular weight excluding hydrogens is 604 g/mol. The van der Waals surface area contributed by atoms with Gasteiger partial charge in [0.25, 0.3) is 0 Å². The van der Waals surface area contributed by atoms with Gasteiger partial charge in [-0.15, -0.1) is 0 Å². The highest BCUT2D eigenvalue weighted by atomic mass is 16.2. The minimum atomic E-state index is 0.0639. The molecule has 12 heteroatoms. The number of carbonyl (C=O) groups excluding carboxylic acids is 2. The molecule has 4 aliphatic rings. The largest absolute Gasteiger partial charge is 0.339 e. The highest BCUT2D eigenvalue weighted by molar-refractivity contribution is 5.80. The second kappa shape index (κ2) is 15.4. The molecule has 2 atom stereocenters. The van der Waals surface area contributed by atoms with E-state index in [0.29, 0.717) is 11.8 Å². The number of hydrogen-bond donors (Lipinski definition) is 0. The van der Waals surface area contributed by atoms with Gasteiger partial charge in [-0.3, -0.25) is 19.4 Å². The summed E-state index contributed by atoms with van der Waals surface area (Å²) < 4.78 is 0. The lowest BCUT2D eigenvalue weighted by atomic mass is 9.95. The van der Waals surface area contributed by atoms with Gasteiger partial charge < -0.3 is 19.6 Å². The minimum absolute atomic E-state index is 0.0639. The molecule has 2 amide bonds. The summed E-state index contributed by atoms with van der Waals surface area (Å²) in [6.45, 7) is 11.4. The van der Waals surface area contributed by atoms with Crippen molar-refractivity contribution in [2.24, 2.45) is 11.8 Å². The van der Waals surface area contributed by atoms with Crippen LogP contribution < -0.4 is 9.80 Å². The van der Waals surface area contributed by atoms with Crippen LogP contribution in [0.15, 0.2) is 61.2 Å². The number of nitrogens with zero attached hydrogens (tertiary/aromatic N) is 10. The summed E-state index contributed by atoms with van der Waals surface area (Å²) in [6.07, 6.45) is 11.1. The number of hydrogen-bond acceptors (Lipinski definition) is 10. The molecule has 12 nitrogen and oxygen atoms in total. The van der Waals surface area contributed by atoms with Gasteiger partial charge in [0.15, 0.2) is 0 Å². The van der Waals surface area contributed by atoms with Crippen molar-refractivity contribution in [3.63, 3.8) is 0 Å². The van der Waals surface area contributed by atoms with Gasteiger partial charge in [-0.1, -0.05) is 24.3 Å². The second-order valence-corrected chi connectivity index (χ2v) is 13.7. The number of anilines is 2. The molecule has 0 bridgehead atoms. The molecule has 0 N–H and O–H groups in total. The van der Waals surface area contributed by atoms with E-state index in [4.69, 9.17) is 0 Å². The number of amides is 2. The lowest BCUT2D eigenvalue weighted by Crippen LogP contribution is -2.52. The Bertz CT molecular complexity index is 1370. The number of piperazine rings is 2. The van der Waals surface area contributed by atoms with Gasteiger partial charge in [0, 0.05) is 103 Å². The zero-order valence-electron chi connectivity index (χ0n) is 27.9. The average molecular weight is 653 g/mol. The Balaban J connectivity index is 0.850. The van der Waals surface area contributed by atoms with Crippen molar-refractivity contribution < 1.29 is 9.59 Å². The summed E-state index contributed by atoms with van der Waals surface area (Å²) in [5, 5.41) is 0. The van der Waals surface area contributed by atoms with E-state index in [0.717, 1.165) is 129 Å². The van der Waals surface area contributed by atoms with Crippen molar-refractivity contribution in [2.45, 2.75) is 38.8 Å². The van der Waals surface area contributed by atoms with Crippen molar-refractivity contribution in [1.82, 2.24) is 39.5 Å². The normalized spacial score (nSPS) is 22.9. The Hall–Kier alpha value is -4.16. The fourth-order valence-corrected chi connectivity index (χ4v) is 7.75. The highest BCUT2D eigenvalue weighted by Gasteiger charge is 2.33. The van der Waals surface area contributed by atoms with E-state index < -0.39 is 0 Å². The summed E-state index contributed by atoms with van der Waals surface area (Å²) in [5.74, 6) is 2.21. The smallest absolute Gasteiger partial charge is 0.227 e. The summed E-state index contributed by atoms with van der Waals surface area (Å²) in [6, 6.07) is 12.6. The number of carbonyl (C=O) groups is 2. The first kappa shape index (κ1) is 32.4. The van der Waals surface area contributed by atoms with Crippen LogP contribution in [0.25, 0.3) is 0 Å². The summed E-state index contributed by atoms with van der Waals surface area (Å²) in [5.41, 5.74) is 2.57. The molecule has 254 valence electrons. The van der Waals surface area contributed by atoms with Crippen molar-refractivity contribution in [3.8, 4) is 0 Å². The molecular formula is C36H48N10O2. The van der Waals surface area contributed by atoms with E-state index in [1.807, 2.05) is 21.9 Å². The van der Waals surface area contributed by atoms with Gasteiger partial charge >= 0.3 is 0 Å². The van der Waals surface area contributed by atoms with Crippen LogP contribution in [-0.2, 0) is 22.7 Å². The molecule has 0 spiro atoms. The van der Waals surface area contributed by atoms with Gasteiger partial charge in [0.1, 0.15) is 0 Å². The number of aromatic nitrogens is 4. The summed E-state index contributed by atoms with van der Waals surface area (Å²) >= 11 is 0. The molecule has 2 unspecified atom stereocenters. The Kier molecular flexibility index (Phi) is 10.4. The number of benzene rings is 1. The third-order valence-corrected chi connectivity index (χ3v) is 10.4. The average Bonchev–Trinajstić information content (AvgIpc) is 3.16. The molecule has 4 fully saturated rings. The van der Waals surface area contributed by atoms with Gasteiger partial charge in [-0.05, 0) is 62.0 Å². The van der Waals surface area contributed by atoms with Crippen LogP contribution in [0.5, 0.6) is 0 Å². The van der Waals surface area contributed by atoms with Crippen LogP contribution in [0.1, 0.15) is 36.8 Å². The molecule has 4 saturated heterocycles. The molecule has 1 aromatic carbocycles. The monoisotopic (exact) mass is 652 g/mol. The highest BCUT2D eigenvalue weighted by Crippen LogP contribution is 2.24. The van der Waals surface area contributed by atoms with Crippen LogP contribution >= 0.6 is 0 Å². The van der Waals surface area contributed by atoms with Crippen LogP contribution in [0.3, 0.4) is 0 Å². The minimum Gasteiger partial charge on any atom is -0.339 e. The first-order valence-electron chi connectivity index (χ1n) is 17.7. The lowest BCUT2D eigenvalue weighted by Gasteiger charge is -2.39. The third-order valence-electron chi connectivity index (χ3n) is 10.4. The number of piperidine rings is 2. The van der Waals surface area contributed by atoms with Crippen molar-refractivity contribution in [1.29, 1.82) is 0 Å². The SMILES string of the molecule is O=C(C1CCCN(Cc2ccc(CN3CCCC(C(=O)N4CCN(c5ncccn5)CC4)C3)cc2)C1)N1CCN(c2ncccn2)CC1. The van der Waals surface area contributed by atoms with Crippen LogP contribution in [0.4, 0.5) is 11.9 Å². The van der Waals surface area contributed by atoms with E-state index in [2.05, 4.69) is 63.8 Å². The molecule has 7 rings (SSSR count). The molecule has 48 heavy (non-hydrogen) atoms.